The summed E-state index contributed by atoms with van der Waals surface area (Å²) in [6, 6.07) is 7.96. The number of H-pyrrole nitrogens is 1. The maximum atomic E-state index is 12.2. The second-order valence-corrected chi connectivity index (χ2v) is 5.46. The third-order valence-electron chi connectivity index (χ3n) is 2.82. The van der Waals surface area contributed by atoms with Crippen molar-refractivity contribution in [2.45, 2.75) is 6.92 Å². The molecule has 0 bridgehead atoms. The molecular weight excluding hydrogens is 280 g/mol. The van der Waals surface area contributed by atoms with Gasteiger partial charge < -0.3 is 0 Å². The molecule has 19 heavy (non-hydrogen) atoms. The Labute approximate surface area is 117 Å². The van der Waals surface area contributed by atoms with Crippen LogP contribution >= 0.6 is 23.6 Å². The molecule has 1 amide bonds. The molecule has 7 heteroatoms. The van der Waals surface area contributed by atoms with Crippen molar-refractivity contribution >= 4 is 39.5 Å². The van der Waals surface area contributed by atoms with Gasteiger partial charge in [0.25, 0.3) is 5.91 Å². The molecule has 0 aliphatic heterocycles. The van der Waals surface area contributed by atoms with Crippen LogP contribution in [0, 0.1) is 11.7 Å². The number of aryl methyl sites for hydroxylation is 1. The van der Waals surface area contributed by atoms with Crippen LogP contribution in [0.5, 0.6) is 0 Å². The molecule has 0 atom stereocenters. The minimum atomic E-state index is -0.184. The molecule has 2 aromatic heterocycles. The number of nitrogens with zero attached hydrogens (tertiary/aromatic N) is 2. The van der Waals surface area contributed by atoms with Gasteiger partial charge in [-0.25, -0.2) is 4.68 Å². The van der Waals surface area contributed by atoms with E-state index >= 15 is 0 Å². The number of carbonyl (C=O) groups excluding carboxylic acids is 1. The average molecular weight is 290 g/mol. The van der Waals surface area contributed by atoms with E-state index in [0.717, 1.165) is 15.6 Å². The number of fused-ring (bicyclic) bond motifs is 1. The maximum absolute atomic E-state index is 12.2. The Morgan fingerprint density at radius 2 is 2.26 bits per heavy atom. The molecule has 3 aromatic rings. The highest BCUT2D eigenvalue weighted by molar-refractivity contribution is 7.71. The van der Waals surface area contributed by atoms with E-state index in [-0.39, 0.29) is 5.91 Å². The molecule has 2 N–H and O–H groups in total. The molecular formula is C12H10N4OS2. The normalized spacial score (nSPS) is 10.8. The Hall–Kier alpha value is -1.99. The predicted octanol–water partition coefficient (Wildman–Crippen LogP) is 2.85. The lowest BCUT2D eigenvalue weighted by molar-refractivity contribution is 0.101. The lowest BCUT2D eigenvalue weighted by atomic mass is 10.1. The number of rotatable bonds is 2. The first-order valence-electron chi connectivity index (χ1n) is 5.58. The summed E-state index contributed by atoms with van der Waals surface area (Å²) in [5.41, 5.74) is 3.68. The maximum Gasteiger partial charge on any atom is 0.280 e. The summed E-state index contributed by atoms with van der Waals surface area (Å²) in [6.45, 7) is 1.95. The molecule has 0 fully saturated rings. The van der Waals surface area contributed by atoms with Gasteiger partial charge in [-0.05, 0) is 36.2 Å². The van der Waals surface area contributed by atoms with Crippen LogP contribution < -0.4 is 5.43 Å². The highest BCUT2D eigenvalue weighted by atomic mass is 32.1. The van der Waals surface area contributed by atoms with Gasteiger partial charge in [0.2, 0.25) is 4.77 Å². The van der Waals surface area contributed by atoms with Gasteiger partial charge in [-0.15, -0.1) is 11.3 Å². The van der Waals surface area contributed by atoms with E-state index in [1.54, 1.807) is 0 Å². The van der Waals surface area contributed by atoms with E-state index in [1.165, 1.54) is 22.3 Å². The molecule has 0 unspecified atom stereocenters. The molecule has 3 rings (SSSR count). The zero-order valence-corrected chi connectivity index (χ0v) is 11.6. The number of nitrogens with one attached hydrogen (secondary N) is 2. The summed E-state index contributed by atoms with van der Waals surface area (Å²) in [7, 11) is 0. The summed E-state index contributed by atoms with van der Waals surface area (Å²) in [5, 5.41) is 7.44. The monoisotopic (exact) mass is 290 g/mol. The van der Waals surface area contributed by atoms with Crippen LogP contribution in [-0.4, -0.2) is 20.8 Å². The Bertz CT molecular complexity index is 814. The third-order valence-corrected chi connectivity index (χ3v) is 4.38. The quantitative estimate of drug-likeness (QED) is 0.713. The zero-order chi connectivity index (χ0) is 13.4. The van der Waals surface area contributed by atoms with Gasteiger partial charge >= 0.3 is 0 Å². The van der Waals surface area contributed by atoms with Crippen LogP contribution in [0.25, 0.3) is 10.1 Å². The first-order chi connectivity index (χ1) is 9.16. The number of amides is 1. The summed E-state index contributed by atoms with van der Waals surface area (Å²) < 4.78 is 2.84. The van der Waals surface area contributed by atoms with Crippen LogP contribution in [0.1, 0.15) is 15.2 Å². The fourth-order valence-corrected chi connectivity index (χ4v) is 3.12. The van der Waals surface area contributed by atoms with Gasteiger partial charge in [0.15, 0.2) is 0 Å². The van der Waals surface area contributed by atoms with E-state index in [0.29, 0.717) is 9.65 Å². The van der Waals surface area contributed by atoms with Crippen molar-refractivity contribution < 1.29 is 4.79 Å². The van der Waals surface area contributed by atoms with Gasteiger partial charge in [0, 0.05) is 4.70 Å². The third kappa shape index (κ3) is 2.06. The smallest absolute Gasteiger partial charge is 0.266 e. The van der Waals surface area contributed by atoms with Crippen molar-refractivity contribution in [3.05, 3.63) is 45.8 Å². The molecule has 0 saturated carbocycles. The van der Waals surface area contributed by atoms with E-state index < -0.39 is 0 Å². The largest absolute Gasteiger partial charge is 0.280 e. The topological polar surface area (TPSA) is 62.7 Å². The second kappa shape index (κ2) is 4.60. The molecule has 96 valence electrons. The number of hydrogen-bond acceptors (Lipinski definition) is 4. The lowest BCUT2D eigenvalue weighted by Crippen LogP contribution is -2.22. The van der Waals surface area contributed by atoms with Crippen LogP contribution in [0.3, 0.4) is 0 Å². The average Bonchev–Trinajstić information content (AvgIpc) is 2.95. The Kier molecular flexibility index (Phi) is 2.92. The highest BCUT2D eigenvalue weighted by Crippen LogP contribution is 2.30. The number of carbonyl (C=O) groups is 1. The second-order valence-electron chi connectivity index (χ2n) is 4.02. The zero-order valence-electron chi connectivity index (χ0n) is 10.0. The molecule has 5 nitrogen and oxygen atoms in total. The Morgan fingerprint density at radius 1 is 1.47 bits per heavy atom. The predicted molar refractivity (Wildman–Crippen MR) is 77.7 cm³/mol. The Balaban J connectivity index is 2.00. The van der Waals surface area contributed by atoms with Crippen molar-refractivity contribution in [2.75, 3.05) is 5.43 Å². The number of aromatic amines is 1. The molecule has 0 radical (unpaired) electrons. The Morgan fingerprint density at radius 3 is 2.95 bits per heavy atom. The summed E-state index contributed by atoms with van der Waals surface area (Å²) in [4.78, 5) is 12.9. The van der Waals surface area contributed by atoms with Crippen molar-refractivity contribution in [3.63, 3.8) is 0 Å². The minimum Gasteiger partial charge on any atom is -0.266 e. The van der Waals surface area contributed by atoms with Gasteiger partial charge in [-0.2, -0.15) is 5.10 Å². The summed E-state index contributed by atoms with van der Waals surface area (Å²) >= 11 is 6.45. The van der Waals surface area contributed by atoms with Crippen LogP contribution in [-0.2, 0) is 0 Å². The van der Waals surface area contributed by atoms with Crippen LogP contribution in [0.4, 0.5) is 0 Å². The number of aromatic nitrogens is 3. The molecule has 2 heterocycles. The molecule has 0 spiro atoms. The lowest BCUT2D eigenvalue weighted by Gasteiger charge is -2.03. The van der Waals surface area contributed by atoms with E-state index in [1.807, 2.05) is 31.2 Å². The van der Waals surface area contributed by atoms with Crippen molar-refractivity contribution in [2.24, 2.45) is 0 Å². The fourth-order valence-electron chi connectivity index (χ4n) is 1.88. The number of hydrogen-bond donors (Lipinski definition) is 2. The number of benzene rings is 1. The van der Waals surface area contributed by atoms with Crippen molar-refractivity contribution in [3.8, 4) is 0 Å². The van der Waals surface area contributed by atoms with E-state index in [2.05, 4.69) is 15.6 Å². The van der Waals surface area contributed by atoms with E-state index in [9.17, 15) is 4.79 Å². The van der Waals surface area contributed by atoms with E-state index in [4.69, 9.17) is 12.2 Å². The molecule has 1 aromatic carbocycles. The van der Waals surface area contributed by atoms with Crippen LogP contribution in [0.2, 0.25) is 0 Å². The fraction of sp³-hybridized carbons (Fsp3) is 0.0833. The molecule has 0 aliphatic carbocycles. The molecule has 0 aliphatic rings. The summed E-state index contributed by atoms with van der Waals surface area (Å²) in [6.07, 6.45) is 1.43. The standard InChI is InChI=1S/C12H10N4OS2/c1-7-8-4-2-3-5-9(8)19-10(7)11(17)15-16-6-13-14-12(16)18/h2-6H,1H3,(H,14,18)(H,15,17). The highest BCUT2D eigenvalue weighted by Gasteiger charge is 2.15. The van der Waals surface area contributed by atoms with Crippen molar-refractivity contribution in [1.29, 1.82) is 0 Å². The first-order valence-corrected chi connectivity index (χ1v) is 6.81. The van der Waals surface area contributed by atoms with Crippen LogP contribution in [0.15, 0.2) is 30.6 Å². The SMILES string of the molecule is Cc1c(C(=O)Nn2cn[nH]c2=S)sc2ccccc12. The summed E-state index contributed by atoms with van der Waals surface area (Å²) in [5.74, 6) is -0.184. The minimum absolute atomic E-state index is 0.184. The number of thiophene rings is 1. The van der Waals surface area contributed by atoms with Gasteiger partial charge in [0.05, 0.1) is 4.88 Å². The molecule has 0 saturated heterocycles. The van der Waals surface area contributed by atoms with Gasteiger partial charge in [-0.3, -0.25) is 15.3 Å². The van der Waals surface area contributed by atoms with Gasteiger partial charge in [-0.1, -0.05) is 18.2 Å². The first kappa shape index (κ1) is 12.1. The van der Waals surface area contributed by atoms with Gasteiger partial charge in [0.1, 0.15) is 6.33 Å². The van der Waals surface area contributed by atoms with Crippen molar-refractivity contribution in [1.82, 2.24) is 14.9 Å².